The number of carbonyl (C=O) groups is 1. The standard InChI is InChI=1S/C17H13F5O2/c1-4-5-6-9-16(2,3)17(9,15(23)24)7-8-10(18)12(20)14(22)13(21)11(8)19/h1,5-6,9H,7H2,2-3H3,(H,23,24). The van der Waals surface area contributed by atoms with Crippen LogP contribution in [0.25, 0.3) is 0 Å². The SMILES string of the molecule is C#CC=CC1C(C)(C)C1(Cc1c(F)c(F)c(F)c(F)c1F)C(=O)O. The fraction of sp³-hybridized carbons (Fsp3) is 0.353. The molecular formula is C17H13F5O2. The number of halogens is 5. The molecule has 1 N–H and O–H groups in total. The van der Waals surface area contributed by atoms with Crippen LogP contribution in [0.4, 0.5) is 22.0 Å². The second-order valence-electron chi connectivity index (χ2n) is 6.23. The fourth-order valence-corrected chi connectivity index (χ4v) is 3.36. The van der Waals surface area contributed by atoms with E-state index in [4.69, 9.17) is 6.42 Å². The van der Waals surface area contributed by atoms with Crippen LogP contribution in [0.1, 0.15) is 19.4 Å². The highest BCUT2D eigenvalue weighted by atomic mass is 19.2. The summed E-state index contributed by atoms with van der Waals surface area (Å²) in [5.74, 6) is -10.5. The van der Waals surface area contributed by atoms with Gasteiger partial charge in [-0.1, -0.05) is 25.8 Å². The van der Waals surface area contributed by atoms with Crippen LogP contribution < -0.4 is 0 Å². The normalized spacial score (nSPS) is 24.8. The minimum Gasteiger partial charge on any atom is -0.481 e. The summed E-state index contributed by atoms with van der Waals surface area (Å²) in [7, 11) is 0. The molecule has 0 heterocycles. The van der Waals surface area contributed by atoms with Crippen LogP contribution in [-0.2, 0) is 11.2 Å². The number of hydrogen-bond acceptors (Lipinski definition) is 1. The smallest absolute Gasteiger partial charge is 0.311 e. The molecule has 0 aliphatic heterocycles. The Kier molecular flexibility index (Phi) is 4.21. The van der Waals surface area contributed by atoms with Crippen molar-refractivity contribution in [2.75, 3.05) is 0 Å². The Balaban J connectivity index is 2.59. The first-order valence-electron chi connectivity index (χ1n) is 6.90. The summed E-state index contributed by atoms with van der Waals surface area (Å²) < 4.78 is 67.6. The van der Waals surface area contributed by atoms with E-state index in [1.54, 1.807) is 0 Å². The Morgan fingerprint density at radius 2 is 1.58 bits per heavy atom. The summed E-state index contributed by atoms with van der Waals surface area (Å²) >= 11 is 0. The predicted octanol–water partition coefficient (Wildman–Crippen LogP) is 3.84. The van der Waals surface area contributed by atoms with Gasteiger partial charge in [0.15, 0.2) is 23.3 Å². The highest BCUT2D eigenvalue weighted by molar-refractivity contribution is 5.82. The van der Waals surface area contributed by atoms with Gasteiger partial charge in [0.2, 0.25) is 5.82 Å². The molecule has 1 aliphatic carbocycles. The van der Waals surface area contributed by atoms with Gasteiger partial charge in [-0.2, -0.15) is 0 Å². The lowest BCUT2D eigenvalue weighted by molar-refractivity contribution is -0.145. The van der Waals surface area contributed by atoms with Crippen molar-refractivity contribution in [1.29, 1.82) is 0 Å². The van der Waals surface area contributed by atoms with Crippen molar-refractivity contribution >= 4 is 5.97 Å². The lowest BCUT2D eigenvalue weighted by Gasteiger charge is -2.17. The van der Waals surface area contributed by atoms with Crippen molar-refractivity contribution < 1.29 is 31.9 Å². The molecule has 1 aromatic carbocycles. The van der Waals surface area contributed by atoms with Gasteiger partial charge < -0.3 is 5.11 Å². The minimum atomic E-state index is -2.28. The second-order valence-corrected chi connectivity index (χ2v) is 6.23. The topological polar surface area (TPSA) is 37.3 Å². The first-order chi connectivity index (χ1) is 11.0. The van der Waals surface area contributed by atoms with E-state index in [2.05, 4.69) is 5.92 Å². The first kappa shape index (κ1) is 18.0. The number of benzene rings is 1. The Bertz CT molecular complexity index is 762. The van der Waals surface area contributed by atoms with Crippen LogP contribution in [0, 0.1) is 58.2 Å². The van der Waals surface area contributed by atoms with Crippen LogP contribution in [0.15, 0.2) is 12.2 Å². The zero-order valence-corrected chi connectivity index (χ0v) is 12.8. The Morgan fingerprint density at radius 1 is 1.12 bits per heavy atom. The third-order valence-electron chi connectivity index (χ3n) is 4.90. The van der Waals surface area contributed by atoms with E-state index in [0.29, 0.717) is 0 Å². The van der Waals surface area contributed by atoms with E-state index < -0.39 is 63.8 Å². The molecule has 0 aromatic heterocycles. The predicted molar refractivity (Wildman–Crippen MR) is 75.2 cm³/mol. The highest BCUT2D eigenvalue weighted by Crippen LogP contribution is 2.71. The largest absolute Gasteiger partial charge is 0.481 e. The van der Waals surface area contributed by atoms with Gasteiger partial charge in [-0.25, -0.2) is 22.0 Å². The molecule has 0 bridgehead atoms. The molecule has 24 heavy (non-hydrogen) atoms. The molecule has 2 atom stereocenters. The Labute approximate surface area is 135 Å². The summed E-state index contributed by atoms with van der Waals surface area (Å²) in [5, 5.41) is 9.55. The van der Waals surface area contributed by atoms with Crippen molar-refractivity contribution in [3.05, 3.63) is 46.8 Å². The van der Waals surface area contributed by atoms with Gasteiger partial charge in [0.1, 0.15) is 0 Å². The van der Waals surface area contributed by atoms with E-state index in [1.807, 2.05) is 0 Å². The molecule has 1 aromatic rings. The Morgan fingerprint density at radius 3 is 2.00 bits per heavy atom. The van der Waals surface area contributed by atoms with Crippen molar-refractivity contribution in [3.8, 4) is 12.3 Å². The summed E-state index contributed by atoms with van der Waals surface area (Å²) in [4.78, 5) is 11.7. The number of rotatable bonds is 4. The zero-order chi connectivity index (χ0) is 18.4. The minimum absolute atomic E-state index is 0.714. The maximum Gasteiger partial charge on any atom is 0.311 e. The molecule has 1 aliphatic rings. The van der Waals surface area contributed by atoms with Gasteiger partial charge in [-0.05, 0) is 17.9 Å². The Hall–Kier alpha value is -2.36. The van der Waals surface area contributed by atoms with E-state index in [-0.39, 0.29) is 0 Å². The van der Waals surface area contributed by atoms with Crippen LogP contribution in [-0.4, -0.2) is 11.1 Å². The summed E-state index contributed by atoms with van der Waals surface area (Å²) in [6.45, 7) is 3.05. The average molecular weight is 344 g/mol. The maximum absolute atomic E-state index is 13.9. The number of carboxylic acid groups (broad SMARTS) is 1. The number of terminal acetylenes is 1. The van der Waals surface area contributed by atoms with Gasteiger partial charge >= 0.3 is 5.97 Å². The molecule has 1 fully saturated rings. The number of allylic oxidation sites excluding steroid dienone is 2. The van der Waals surface area contributed by atoms with Crippen molar-refractivity contribution in [1.82, 2.24) is 0 Å². The average Bonchev–Trinajstić information content (AvgIpc) is 3.01. The molecule has 2 nitrogen and oxygen atoms in total. The number of carboxylic acids is 1. The lowest BCUT2D eigenvalue weighted by Crippen LogP contribution is -2.26. The second kappa shape index (κ2) is 5.62. The third kappa shape index (κ3) is 2.20. The molecule has 0 amide bonds. The van der Waals surface area contributed by atoms with Gasteiger partial charge in [0.05, 0.1) is 5.41 Å². The van der Waals surface area contributed by atoms with E-state index >= 15 is 0 Å². The molecule has 0 radical (unpaired) electrons. The molecule has 0 spiro atoms. The molecule has 128 valence electrons. The van der Waals surface area contributed by atoms with Gasteiger partial charge in [-0.3, -0.25) is 4.79 Å². The lowest BCUT2D eigenvalue weighted by atomic mass is 9.87. The van der Waals surface area contributed by atoms with Crippen molar-refractivity contribution in [2.24, 2.45) is 16.7 Å². The van der Waals surface area contributed by atoms with Gasteiger partial charge in [0, 0.05) is 11.5 Å². The maximum atomic E-state index is 13.9. The molecule has 0 saturated heterocycles. The number of aliphatic carboxylic acids is 1. The summed E-state index contributed by atoms with van der Waals surface area (Å²) in [6.07, 6.45) is 6.86. The molecule has 2 unspecified atom stereocenters. The summed E-state index contributed by atoms with van der Waals surface area (Å²) in [6, 6.07) is 0. The first-order valence-corrected chi connectivity index (χ1v) is 6.90. The van der Waals surface area contributed by atoms with Crippen molar-refractivity contribution in [3.63, 3.8) is 0 Å². The third-order valence-corrected chi connectivity index (χ3v) is 4.90. The van der Waals surface area contributed by atoms with Gasteiger partial charge in [0.25, 0.3) is 0 Å². The highest BCUT2D eigenvalue weighted by Gasteiger charge is 2.74. The van der Waals surface area contributed by atoms with Crippen LogP contribution in [0.2, 0.25) is 0 Å². The van der Waals surface area contributed by atoms with E-state index in [0.717, 1.165) is 0 Å². The molecule has 1 saturated carbocycles. The van der Waals surface area contributed by atoms with Crippen LogP contribution in [0.3, 0.4) is 0 Å². The van der Waals surface area contributed by atoms with Crippen molar-refractivity contribution in [2.45, 2.75) is 20.3 Å². The molecular weight excluding hydrogens is 331 g/mol. The van der Waals surface area contributed by atoms with Crippen LogP contribution >= 0.6 is 0 Å². The molecule has 2 rings (SSSR count). The summed E-state index contributed by atoms with van der Waals surface area (Å²) in [5.41, 5.74) is -3.84. The number of hydrogen-bond donors (Lipinski definition) is 1. The fourth-order valence-electron chi connectivity index (χ4n) is 3.36. The van der Waals surface area contributed by atoms with E-state index in [9.17, 15) is 31.9 Å². The monoisotopic (exact) mass is 344 g/mol. The van der Waals surface area contributed by atoms with Crippen LogP contribution in [0.5, 0.6) is 0 Å². The van der Waals surface area contributed by atoms with Gasteiger partial charge in [-0.15, -0.1) is 6.42 Å². The molecule has 7 heteroatoms. The quantitative estimate of drug-likeness (QED) is 0.390. The zero-order valence-electron chi connectivity index (χ0n) is 12.8. The van der Waals surface area contributed by atoms with E-state index in [1.165, 1.54) is 26.0 Å².